The first-order valence-corrected chi connectivity index (χ1v) is 7.37. The summed E-state index contributed by atoms with van der Waals surface area (Å²) in [5.41, 5.74) is 0.747. The number of carbonyl (C=O) groups excluding carboxylic acids is 4. The van der Waals surface area contributed by atoms with E-state index in [4.69, 9.17) is 0 Å². The number of carbonyl (C=O) groups is 4. The van der Waals surface area contributed by atoms with Crippen molar-refractivity contribution in [2.24, 2.45) is 0 Å². The second kappa shape index (κ2) is 6.61. The van der Waals surface area contributed by atoms with Crippen LogP contribution in [0.5, 0.6) is 0 Å². The van der Waals surface area contributed by atoms with Gasteiger partial charge in [0.15, 0.2) is 0 Å². The highest BCUT2D eigenvalue weighted by Gasteiger charge is 2.27. The number of hydrogen-bond donors (Lipinski definition) is 1. The zero-order valence-corrected chi connectivity index (χ0v) is 12.9. The quantitative estimate of drug-likeness (QED) is 0.818. The highest BCUT2D eigenvalue weighted by molar-refractivity contribution is 8.00. The van der Waals surface area contributed by atoms with Crippen LogP contribution in [0.25, 0.3) is 0 Å². The second-order valence-corrected chi connectivity index (χ2v) is 5.56. The Hall–Kier alpha value is -2.35. The van der Waals surface area contributed by atoms with Gasteiger partial charge in [-0.05, 0) is 18.2 Å². The molecule has 8 heteroatoms. The fourth-order valence-corrected chi connectivity index (χ4v) is 2.92. The fourth-order valence-electron chi connectivity index (χ4n) is 2.00. The van der Waals surface area contributed by atoms with E-state index in [1.807, 2.05) is 0 Å². The topological polar surface area (TPSA) is 92.8 Å². The van der Waals surface area contributed by atoms with Crippen LogP contribution in [0, 0.1) is 0 Å². The zero-order chi connectivity index (χ0) is 16.3. The van der Waals surface area contributed by atoms with E-state index in [0.717, 1.165) is 4.90 Å². The molecule has 22 heavy (non-hydrogen) atoms. The van der Waals surface area contributed by atoms with E-state index in [2.05, 4.69) is 10.1 Å². The summed E-state index contributed by atoms with van der Waals surface area (Å²) in [4.78, 5) is 48.3. The van der Waals surface area contributed by atoms with Crippen molar-refractivity contribution < 1.29 is 23.9 Å². The molecule has 0 radical (unpaired) electrons. The molecular formula is C14H14N2O5S. The maximum absolute atomic E-state index is 12.1. The van der Waals surface area contributed by atoms with Crippen molar-refractivity contribution in [1.82, 2.24) is 5.32 Å². The minimum Gasteiger partial charge on any atom is -0.465 e. The minimum atomic E-state index is -0.581. The first-order chi connectivity index (χ1) is 10.4. The van der Waals surface area contributed by atoms with Gasteiger partial charge in [0, 0.05) is 11.8 Å². The lowest BCUT2D eigenvalue weighted by atomic mass is 10.1. The molecule has 2 rings (SSSR count). The van der Waals surface area contributed by atoms with Crippen LogP contribution in [0.1, 0.15) is 17.3 Å². The predicted molar refractivity (Wildman–Crippen MR) is 79.7 cm³/mol. The highest BCUT2D eigenvalue weighted by Crippen LogP contribution is 2.35. The van der Waals surface area contributed by atoms with E-state index in [9.17, 15) is 19.2 Å². The Morgan fingerprint density at radius 2 is 2.09 bits per heavy atom. The number of amides is 3. The van der Waals surface area contributed by atoms with E-state index in [0.29, 0.717) is 5.69 Å². The molecule has 1 N–H and O–H groups in total. The Bertz CT molecular complexity index is 659. The van der Waals surface area contributed by atoms with E-state index in [-0.39, 0.29) is 23.8 Å². The van der Waals surface area contributed by atoms with E-state index in [1.165, 1.54) is 36.8 Å². The highest BCUT2D eigenvalue weighted by atomic mass is 32.2. The number of rotatable bonds is 3. The monoisotopic (exact) mass is 322 g/mol. The number of nitrogens with zero attached hydrogens (tertiary/aromatic N) is 1. The summed E-state index contributed by atoms with van der Waals surface area (Å²) in [6, 6.07) is 4.81. The lowest BCUT2D eigenvalue weighted by Crippen LogP contribution is -2.44. The zero-order valence-electron chi connectivity index (χ0n) is 12.0. The number of thioether (sulfide) groups is 1. The van der Waals surface area contributed by atoms with Crippen LogP contribution in [-0.2, 0) is 19.1 Å². The third-order valence-corrected chi connectivity index (χ3v) is 3.99. The number of hydrogen-bond acceptors (Lipinski definition) is 6. The molecule has 116 valence electrons. The van der Waals surface area contributed by atoms with Crippen LogP contribution in [0.3, 0.4) is 0 Å². The summed E-state index contributed by atoms with van der Waals surface area (Å²) < 4.78 is 4.65. The third kappa shape index (κ3) is 3.45. The Balaban J connectivity index is 2.32. The molecule has 1 aromatic carbocycles. The molecule has 0 aromatic heterocycles. The van der Waals surface area contributed by atoms with Crippen molar-refractivity contribution in [3.05, 3.63) is 23.8 Å². The molecule has 1 aromatic rings. The van der Waals surface area contributed by atoms with Gasteiger partial charge in [0.2, 0.25) is 17.7 Å². The Morgan fingerprint density at radius 1 is 1.36 bits per heavy atom. The van der Waals surface area contributed by atoms with Gasteiger partial charge in [-0.1, -0.05) is 0 Å². The summed E-state index contributed by atoms with van der Waals surface area (Å²) in [6.45, 7) is 0.936. The minimum absolute atomic E-state index is 0.192. The molecule has 0 unspecified atom stereocenters. The van der Waals surface area contributed by atoms with Gasteiger partial charge >= 0.3 is 5.97 Å². The SMILES string of the molecule is COC(=O)c1ccc2c(c1)N(CC(=O)NC(C)=O)C(=O)CS2. The van der Waals surface area contributed by atoms with Crippen LogP contribution < -0.4 is 10.2 Å². The molecule has 3 amide bonds. The van der Waals surface area contributed by atoms with Crippen molar-refractivity contribution >= 4 is 41.1 Å². The van der Waals surface area contributed by atoms with Gasteiger partial charge in [-0.15, -0.1) is 11.8 Å². The van der Waals surface area contributed by atoms with Crippen LogP contribution in [0.15, 0.2) is 23.1 Å². The number of methoxy groups -OCH3 is 1. The largest absolute Gasteiger partial charge is 0.465 e. The molecule has 0 saturated heterocycles. The van der Waals surface area contributed by atoms with Crippen LogP contribution in [-0.4, -0.2) is 43.1 Å². The number of imide groups is 1. The lowest BCUT2D eigenvalue weighted by molar-refractivity contribution is -0.129. The summed E-state index contributed by atoms with van der Waals surface area (Å²) >= 11 is 1.33. The fraction of sp³-hybridized carbons (Fsp3) is 0.286. The average Bonchev–Trinajstić information content (AvgIpc) is 2.48. The first kappa shape index (κ1) is 16.0. The molecule has 0 aliphatic carbocycles. The summed E-state index contributed by atoms with van der Waals surface area (Å²) in [5, 5.41) is 2.12. The van der Waals surface area contributed by atoms with Crippen molar-refractivity contribution in [1.29, 1.82) is 0 Å². The molecule has 0 spiro atoms. The molecule has 0 atom stereocenters. The van der Waals surface area contributed by atoms with Gasteiger partial charge in [0.05, 0.1) is 24.1 Å². The molecule has 0 saturated carbocycles. The number of esters is 1. The smallest absolute Gasteiger partial charge is 0.337 e. The summed E-state index contributed by atoms with van der Waals surface area (Å²) in [5.74, 6) is -1.68. The van der Waals surface area contributed by atoms with Crippen LogP contribution in [0.2, 0.25) is 0 Å². The average molecular weight is 322 g/mol. The number of benzene rings is 1. The number of fused-ring (bicyclic) bond motifs is 1. The third-order valence-electron chi connectivity index (χ3n) is 2.94. The lowest BCUT2D eigenvalue weighted by Gasteiger charge is -2.28. The van der Waals surface area contributed by atoms with Gasteiger partial charge < -0.3 is 9.64 Å². The van der Waals surface area contributed by atoms with Gasteiger partial charge in [0.1, 0.15) is 6.54 Å². The number of ether oxygens (including phenoxy) is 1. The molecule has 1 aliphatic rings. The van der Waals surface area contributed by atoms with Gasteiger partial charge in [-0.25, -0.2) is 4.79 Å². The molecule has 7 nitrogen and oxygen atoms in total. The molecule has 1 aliphatic heterocycles. The molecular weight excluding hydrogens is 308 g/mol. The summed E-state index contributed by atoms with van der Waals surface area (Å²) in [7, 11) is 1.26. The maximum Gasteiger partial charge on any atom is 0.337 e. The van der Waals surface area contributed by atoms with E-state index < -0.39 is 17.8 Å². The van der Waals surface area contributed by atoms with E-state index >= 15 is 0 Å². The van der Waals surface area contributed by atoms with Crippen molar-refractivity contribution in [2.75, 3.05) is 24.3 Å². The molecule has 0 bridgehead atoms. The van der Waals surface area contributed by atoms with Gasteiger partial charge in [-0.3, -0.25) is 19.7 Å². The standard InChI is InChI=1S/C14H14N2O5S/c1-8(17)15-12(18)6-16-10-5-9(14(20)21-2)3-4-11(10)22-7-13(16)19/h3-5H,6-7H2,1-2H3,(H,15,17,18). The van der Waals surface area contributed by atoms with Crippen LogP contribution >= 0.6 is 11.8 Å². The second-order valence-electron chi connectivity index (χ2n) is 4.55. The van der Waals surface area contributed by atoms with Gasteiger partial charge in [-0.2, -0.15) is 0 Å². The Labute approximate surface area is 131 Å². The maximum atomic E-state index is 12.1. The van der Waals surface area contributed by atoms with Crippen molar-refractivity contribution in [3.8, 4) is 0 Å². The van der Waals surface area contributed by atoms with Crippen molar-refractivity contribution in [3.63, 3.8) is 0 Å². The first-order valence-electron chi connectivity index (χ1n) is 6.38. The number of nitrogens with one attached hydrogen (secondary N) is 1. The van der Waals surface area contributed by atoms with E-state index in [1.54, 1.807) is 12.1 Å². The van der Waals surface area contributed by atoms with Crippen LogP contribution in [0.4, 0.5) is 5.69 Å². The normalized spacial score (nSPS) is 13.4. The predicted octanol–water partition coefficient (Wildman–Crippen LogP) is 0.575. The number of anilines is 1. The van der Waals surface area contributed by atoms with Gasteiger partial charge in [0.25, 0.3) is 0 Å². The Kier molecular flexibility index (Phi) is 4.81. The molecule has 0 fully saturated rings. The summed E-state index contributed by atoms with van der Waals surface area (Å²) in [6.07, 6.45) is 0. The molecule has 1 heterocycles. The van der Waals surface area contributed by atoms with Crippen molar-refractivity contribution in [2.45, 2.75) is 11.8 Å². The Morgan fingerprint density at radius 3 is 2.73 bits per heavy atom.